The van der Waals surface area contributed by atoms with Crippen LogP contribution in [0.25, 0.3) is 5.69 Å². The highest BCUT2D eigenvalue weighted by molar-refractivity contribution is 6.35. The van der Waals surface area contributed by atoms with Crippen LogP contribution in [-0.2, 0) is 14.1 Å². The quantitative estimate of drug-likeness (QED) is 0.569. The Balaban J connectivity index is 3.13. The summed E-state index contributed by atoms with van der Waals surface area (Å²) in [7, 11) is 1.97. The predicted molar refractivity (Wildman–Crippen MR) is 81.1 cm³/mol. The van der Waals surface area contributed by atoms with Gasteiger partial charge >= 0.3 is 28.7 Å². The molecule has 0 radical (unpaired) electrons. The number of nitro benzene ring substituents is 1. The Morgan fingerprint density at radius 1 is 1.20 bits per heavy atom. The molecule has 0 aliphatic carbocycles. The minimum absolute atomic E-state index is 0.104. The van der Waals surface area contributed by atoms with Crippen molar-refractivity contribution < 1.29 is 19.2 Å². The van der Waals surface area contributed by atoms with Crippen molar-refractivity contribution >= 4 is 23.3 Å². The van der Waals surface area contributed by atoms with Crippen molar-refractivity contribution in [1.29, 1.82) is 0 Å². The van der Waals surface area contributed by atoms with Gasteiger partial charge in [-0.1, -0.05) is 11.6 Å². The number of carboxylic acids is 1. The maximum absolute atomic E-state index is 14.5. The highest BCUT2D eigenvalue weighted by Crippen LogP contribution is 2.34. The molecule has 0 aliphatic rings. The van der Waals surface area contributed by atoms with Crippen LogP contribution in [0.4, 0.5) is 10.1 Å². The van der Waals surface area contributed by atoms with Crippen LogP contribution in [-0.4, -0.2) is 29.7 Å². The molecule has 0 amide bonds. The topological polar surface area (TPSA) is 146 Å². The summed E-state index contributed by atoms with van der Waals surface area (Å²) in [6.45, 7) is 0. The summed E-state index contributed by atoms with van der Waals surface area (Å²) in [6, 6.07) is 0.500. The Hall–Kier alpha value is -3.28. The number of hydrogen-bond acceptors (Lipinski definition) is 6. The molecule has 0 saturated heterocycles. The van der Waals surface area contributed by atoms with E-state index in [1.807, 2.05) is 0 Å². The summed E-state index contributed by atoms with van der Waals surface area (Å²) in [4.78, 5) is 56.9. The maximum Gasteiger partial charge on any atom is 0.340 e. The van der Waals surface area contributed by atoms with Gasteiger partial charge in [0.25, 0.3) is 0 Å². The average molecular weight is 375 g/mol. The Morgan fingerprint density at radius 2 is 1.68 bits per heavy atom. The minimum Gasteiger partial charge on any atom is -0.478 e. The first-order valence-electron chi connectivity index (χ1n) is 6.29. The Morgan fingerprint density at radius 3 is 2.08 bits per heavy atom. The van der Waals surface area contributed by atoms with Gasteiger partial charge in [0, 0.05) is 14.1 Å². The zero-order valence-corrected chi connectivity index (χ0v) is 13.3. The molecular formula is C12H8ClFN4O7. The molecule has 1 aromatic heterocycles. The summed E-state index contributed by atoms with van der Waals surface area (Å²) >= 11 is 5.54. The lowest BCUT2D eigenvalue weighted by Crippen LogP contribution is -2.52. The molecule has 0 saturated carbocycles. The second-order valence-corrected chi connectivity index (χ2v) is 5.16. The molecular weight excluding hydrogens is 367 g/mol. The molecule has 132 valence electrons. The Kier molecular flexibility index (Phi) is 4.32. The van der Waals surface area contributed by atoms with E-state index in [2.05, 4.69) is 0 Å². The predicted octanol–water partition coefficient (Wildman–Crippen LogP) is -0.366. The molecule has 1 aromatic carbocycles. The lowest BCUT2D eigenvalue weighted by molar-refractivity contribution is -0.387. The van der Waals surface area contributed by atoms with Gasteiger partial charge in [-0.2, -0.15) is 4.39 Å². The van der Waals surface area contributed by atoms with Crippen LogP contribution >= 0.6 is 11.6 Å². The number of aromatic carboxylic acids is 1. The molecule has 2 aromatic rings. The Bertz CT molecular complexity index is 1070. The van der Waals surface area contributed by atoms with Gasteiger partial charge in [0.2, 0.25) is 5.82 Å². The number of carbonyl (C=O) groups is 1. The van der Waals surface area contributed by atoms with E-state index in [-0.39, 0.29) is 4.57 Å². The van der Waals surface area contributed by atoms with Crippen LogP contribution in [0.1, 0.15) is 10.4 Å². The van der Waals surface area contributed by atoms with Gasteiger partial charge in [0.1, 0.15) is 5.02 Å². The first-order valence-corrected chi connectivity index (χ1v) is 6.67. The molecule has 2 rings (SSSR count). The van der Waals surface area contributed by atoms with Crippen molar-refractivity contribution in [3.8, 4) is 5.69 Å². The highest BCUT2D eigenvalue weighted by Gasteiger charge is 2.31. The third-order valence-corrected chi connectivity index (χ3v) is 3.73. The summed E-state index contributed by atoms with van der Waals surface area (Å²) in [5, 5.41) is 19.1. The molecule has 0 fully saturated rings. The van der Waals surface area contributed by atoms with Crippen molar-refractivity contribution in [2.75, 3.05) is 0 Å². The molecule has 0 spiro atoms. The molecule has 0 aliphatic heterocycles. The van der Waals surface area contributed by atoms with Gasteiger partial charge in [-0.05, 0) is 6.07 Å². The van der Waals surface area contributed by atoms with Crippen LogP contribution in [0.5, 0.6) is 0 Å². The number of nitro groups is 1. The van der Waals surface area contributed by atoms with E-state index in [1.54, 1.807) is 0 Å². The van der Waals surface area contributed by atoms with Crippen molar-refractivity contribution in [3.63, 3.8) is 0 Å². The second kappa shape index (κ2) is 5.98. The van der Waals surface area contributed by atoms with Crippen molar-refractivity contribution in [1.82, 2.24) is 13.7 Å². The molecule has 25 heavy (non-hydrogen) atoms. The standard InChI is InChI=1S/C12H8ClFN4O7/c1-15-10(21)16(2)12(23)17(11(15)22)5-3-4(9(19)20)6(13)8(7(5)14)18(24)25/h3H,1-2H3,(H,19,20). The maximum atomic E-state index is 14.5. The first kappa shape index (κ1) is 18.1. The summed E-state index contributed by atoms with van der Waals surface area (Å²) < 4.78 is 15.5. The van der Waals surface area contributed by atoms with E-state index >= 15 is 0 Å². The lowest BCUT2D eigenvalue weighted by atomic mass is 10.1. The van der Waals surface area contributed by atoms with Gasteiger partial charge in [0.15, 0.2) is 0 Å². The van der Waals surface area contributed by atoms with E-state index in [0.717, 1.165) is 14.1 Å². The molecule has 0 bridgehead atoms. The fraction of sp³-hybridized carbons (Fsp3) is 0.167. The van der Waals surface area contributed by atoms with Gasteiger partial charge in [-0.25, -0.2) is 32.9 Å². The number of halogens is 2. The fourth-order valence-electron chi connectivity index (χ4n) is 2.06. The van der Waals surface area contributed by atoms with Crippen molar-refractivity contribution in [3.05, 3.63) is 64.0 Å². The van der Waals surface area contributed by atoms with Gasteiger partial charge in [0.05, 0.1) is 16.2 Å². The minimum atomic E-state index is -1.75. The van der Waals surface area contributed by atoms with E-state index in [4.69, 9.17) is 16.7 Å². The highest BCUT2D eigenvalue weighted by atomic mass is 35.5. The normalized spacial score (nSPS) is 10.7. The third-order valence-electron chi connectivity index (χ3n) is 3.34. The molecule has 1 heterocycles. The van der Waals surface area contributed by atoms with Crippen molar-refractivity contribution in [2.24, 2.45) is 14.1 Å². The van der Waals surface area contributed by atoms with E-state index in [9.17, 15) is 33.7 Å². The fourth-order valence-corrected chi connectivity index (χ4v) is 2.35. The molecule has 0 unspecified atom stereocenters. The zero-order valence-electron chi connectivity index (χ0n) is 12.5. The SMILES string of the molecule is Cn1c(=O)n(C)c(=O)n(-c2cc(C(=O)O)c(Cl)c([N+](=O)[O-])c2F)c1=O. The molecule has 0 atom stereocenters. The summed E-state index contributed by atoms with van der Waals surface area (Å²) in [5.74, 6) is -3.44. The molecule has 11 nitrogen and oxygen atoms in total. The van der Waals surface area contributed by atoms with Crippen LogP contribution in [0.2, 0.25) is 5.02 Å². The summed E-state index contributed by atoms with van der Waals surface area (Å²) in [5.41, 5.74) is -6.99. The Labute approximate surface area is 140 Å². The number of carboxylic acid groups (broad SMARTS) is 1. The van der Waals surface area contributed by atoms with E-state index < -0.39 is 55.7 Å². The average Bonchev–Trinajstić information content (AvgIpc) is 2.52. The van der Waals surface area contributed by atoms with Crippen LogP contribution in [0.3, 0.4) is 0 Å². The first-order chi connectivity index (χ1) is 11.5. The number of benzene rings is 1. The zero-order chi connectivity index (χ0) is 19.2. The second-order valence-electron chi connectivity index (χ2n) is 4.78. The lowest BCUT2D eigenvalue weighted by Gasteiger charge is -2.11. The van der Waals surface area contributed by atoms with Crippen LogP contribution < -0.4 is 17.1 Å². The van der Waals surface area contributed by atoms with Gasteiger partial charge in [-0.3, -0.25) is 10.1 Å². The van der Waals surface area contributed by atoms with Crippen molar-refractivity contribution in [2.45, 2.75) is 0 Å². The molecule has 1 N–H and O–H groups in total. The van der Waals surface area contributed by atoms with E-state index in [0.29, 0.717) is 15.2 Å². The smallest absolute Gasteiger partial charge is 0.340 e. The van der Waals surface area contributed by atoms with Gasteiger partial charge in [-0.15, -0.1) is 0 Å². The van der Waals surface area contributed by atoms with Crippen LogP contribution in [0, 0.1) is 15.9 Å². The monoisotopic (exact) mass is 374 g/mol. The number of nitrogens with zero attached hydrogens (tertiary/aromatic N) is 4. The van der Waals surface area contributed by atoms with E-state index in [1.165, 1.54) is 0 Å². The van der Waals surface area contributed by atoms with Gasteiger partial charge < -0.3 is 5.11 Å². The summed E-state index contributed by atoms with van der Waals surface area (Å²) in [6.07, 6.45) is 0. The number of rotatable bonds is 3. The molecule has 13 heteroatoms. The largest absolute Gasteiger partial charge is 0.478 e. The van der Waals surface area contributed by atoms with Crippen LogP contribution in [0.15, 0.2) is 20.4 Å². The third kappa shape index (κ3) is 2.61. The number of hydrogen-bond donors (Lipinski definition) is 1. The number of aromatic nitrogens is 3.